The van der Waals surface area contributed by atoms with E-state index >= 15 is 0 Å². The molecule has 154 valence electrons. The van der Waals surface area contributed by atoms with Gasteiger partial charge in [-0.2, -0.15) is 5.26 Å². The summed E-state index contributed by atoms with van der Waals surface area (Å²) in [5.41, 5.74) is -0.449. The van der Waals surface area contributed by atoms with Crippen molar-refractivity contribution in [2.45, 2.75) is 46.8 Å². The number of carbonyl (C=O) groups excluding carboxylic acids is 1. The van der Waals surface area contributed by atoms with Gasteiger partial charge in [0.1, 0.15) is 17.4 Å². The molecule has 0 unspecified atom stereocenters. The van der Waals surface area contributed by atoms with Crippen LogP contribution < -0.4 is 10.3 Å². The number of hydrogen-bond acceptors (Lipinski definition) is 6. The van der Waals surface area contributed by atoms with E-state index in [9.17, 15) is 20.0 Å². The van der Waals surface area contributed by atoms with Crippen LogP contribution in [0.2, 0.25) is 0 Å². The minimum absolute atomic E-state index is 0.0419. The molecule has 0 aliphatic heterocycles. The highest BCUT2D eigenvalue weighted by Gasteiger charge is 2.26. The maximum Gasteiger partial charge on any atom is 0.271 e. The number of para-hydroxylation sites is 1. The molecule has 0 atom stereocenters. The van der Waals surface area contributed by atoms with Gasteiger partial charge in [0, 0.05) is 13.2 Å². The number of rotatable bonds is 9. The first-order valence-electron chi connectivity index (χ1n) is 9.58. The Labute approximate surface area is 170 Å². The van der Waals surface area contributed by atoms with Crippen molar-refractivity contribution in [2.75, 3.05) is 13.2 Å². The zero-order valence-corrected chi connectivity index (χ0v) is 17.2. The Morgan fingerprint density at radius 1 is 1.31 bits per heavy atom. The van der Waals surface area contributed by atoms with E-state index < -0.39 is 17.2 Å². The molecule has 0 fully saturated rings. The molecule has 29 heavy (non-hydrogen) atoms. The minimum atomic E-state index is -0.623. The molecular weight excluding hydrogens is 372 g/mol. The lowest BCUT2D eigenvalue weighted by molar-refractivity contribution is 0.0743. The molecule has 2 aromatic rings. The van der Waals surface area contributed by atoms with Crippen molar-refractivity contribution in [3.63, 3.8) is 0 Å². The van der Waals surface area contributed by atoms with Crippen LogP contribution in [0.4, 0.5) is 0 Å². The normalized spacial score (nSPS) is 10.8. The fourth-order valence-corrected chi connectivity index (χ4v) is 3.04. The Morgan fingerprint density at radius 2 is 2.00 bits per heavy atom. The summed E-state index contributed by atoms with van der Waals surface area (Å²) in [5.74, 6) is -0.583. The Kier molecular flexibility index (Phi) is 7.57. The van der Waals surface area contributed by atoms with Crippen molar-refractivity contribution < 1.29 is 19.4 Å². The van der Waals surface area contributed by atoms with Gasteiger partial charge in [-0.25, -0.2) is 0 Å². The molecule has 1 heterocycles. The van der Waals surface area contributed by atoms with Gasteiger partial charge in [0.25, 0.3) is 5.56 Å². The van der Waals surface area contributed by atoms with Crippen molar-refractivity contribution in [3.05, 3.63) is 56.9 Å². The van der Waals surface area contributed by atoms with E-state index in [0.29, 0.717) is 25.4 Å². The summed E-state index contributed by atoms with van der Waals surface area (Å²) >= 11 is 0. The predicted octanol–water partition coefficient (Wildman–Crippen LogP) is 3.18. The Bertz CT molecular complexity index is 986. The van der Waals surface area contributed by atoms with Crippen LogP contribution in [0.25, 0.3) is 0 Å². The lowest BCUT2D eigenvalue weighted by Gasteiger charge is -2.17. The fourth-order valence-electron chi connectivity index (χ4n) is 3.04. The molecule has 2 rings (SSSR count). The van der Waals surface area contributed by atoms with E-state index in [1.54, 1.807) is 31.2 Å². The molecule has 1 aromatic carbocycles. The lowest BCUT2D eigenvalue weighted by Crippen LogP contribution is -2.27. The summed E-state index contributed by atoms with van der Waals surface area (Å²) in [6, 6.07) is 8.54. The van der Waals surface area contributed by atoms with Gasteiger partial charge >= 0.3 is 0 Å². The van der Waals surface area contributed by atoms with Gasteiger partial charge in [-0.15, -0.1) is 0 Å². The van der Waals surface area contributed by atoms with Crippen molar-refractivity contribution in [2.24, 2.45) is 0 Å². The zero-order valence-electron chi connectivity index (χ0n) is 17.2. The largest absolute Gasteiger partial charge is 0.494 e. The third-order valence-corrected chi connectivity index (χ3v) is 4.44. The number of nitrogens with zero attached hydrogens (tertiary/aromatic N) is 2. The highest BCUT2D eigenvalue weighted by molar-refractivity contribution is 6.13. The number of pyridine rings is 1. The maximum absolute atomic E-state index is 13.2. The Balaban J connectivity index is 2.55. The molecule has 1 N–H and O–H groups in total. The van der Waals surface area contributed by atoms with Crippen LogP contribution >= 0.6 is 0 Å². The topological polar surface area (TPSA) is 102 Å². The third-order valence-electron chi connectivity index (χ3n) is 4.44. The molecule has 0 radical (unpaired) electrons. The number of aromatic hydroxyl groups is 1. The molecule has 7 heteroatoms. The van der Waals surface area contributed by atoms with Crippen molar-refractivity contribution in [1.29, 1.82) is 5.26 Å². The minimum Gasteiger partial charge on any atom is -0.494 e. The van der Waals surface area contributed by atoms with Crippen LogP contribution in [0.3, 0.4) is 0 Å². The fraction of sp³-hybridized carbons (Fsp3) is 0.409. The van der Waals surface area contributed by atoms with E-state index in [-0.39, 0.29) is 34.9 Å². The molecule has 0 spiro atoms. The van der Waals surface area contributed by atoms with Gasteiger partial charge in [-0.1, -0.05) is 12.1 Å². The van der Waals surface area contributed by atoms with Crippen LogP contribution in [0.15, 0.2) is 29.1 Å². The maximum atomic E-state index is 13.2. The van der Waals surface area contributed by atoms with E-state index in [2.05, 4.69) is 0 Å². The number of carbonyl (C=O) groups is 1. The second-order valence-electron chi connectivity index (χ2n) is 6.80. The van der Waals surface area contributed by atoms with Gasteiger partial charge in [-0.05, 0) is 51.8 Å². The number of ether oxygens (including phenoxy) is 2. The van der Waals surface area contributed by atoms with Gasteiger partial charge in [0.05, 0.1) is 23.8 Å². The van der Waals surface area contributed by atoms with Crippen LogP contribution in [-0.4, -0.2) is 34.8 Å². The monoisotopic (exact) mass is 398 g/mol. The van der Waals surface area contributed by atoms with Crippen molar-refractivity contribution in [1.82, 2.24) is 4.57 Å². The average Bonchev–Trinajstić information content (AvgIpc) is 2.68. The smallest absolute Gasteiger partial charge is 0.271 e. The second kappa shape index (κ2) is 9.89. The Hall–Kier alpha value is -3.11. The van der Waals surface area contributed by atoms with Crippen LogP contribution in [0.5, 0.6) is 11.6 Å². The van der Waals surface area contributed by atoms with E-state index in [4.69, 9.17) is 9.47 Å². The molecule has 0 bridgehead atoms. The first kappa shape index (κ1) is 22.2. The van der Waals surface area contributed by atoms with Crippen LogP contribution in [0.1, 0.15) is 54.2 Å². The molecule has 7 nitrogen and oxygen atoms in total. The summed E-state index contributed by atoms with van der Waals surface area (Å²) < 4.78 is 12.0. The number of ketones is 1. The summed E-state index contributed by atoms with van der Waals surface area (Å²) in [6.45, 7) is 7.97. The van der Waals surface area contributed by atoms with Gasteiger partial charge in [-0.3, -0.25) is 14.2 Å². The number of benzene rings is 1. The molecule has 0 amide bonds. The highest BCUT2D eigenvalue weighted by Crippen LogP contribution is 2.29. The molecule has 0 aliphatic rings. The van der Waals surface area contributed by atoms with E-state index in [0.717, 1.165) is 4.57 Å². The molecule has 0 saturated heterocycles. The third kappa shape index (κ3) is 4.84. The van der Waals surface area contributed by atoms with Gasteiger partial charge in [0.2, 0.25) is 11.7 Å². The Morgan fingerprint density at radius 3 is 2.62 bits per heavy atom. The summed E-state index contributed by atoms with van der Waals surface area (Å²) in [7, 11) is 0. The molecule has 0 aliphatic carbocycles. The molecular formula is C22H26N2O5. The molecule has 0 saturated carbocycles. The first-order valence-corrected chi connectivity index (χ1v) is 9.58. The van der Waals surface area contributed by atoms with Gasteiger partial charge in [0.15, 0.2) is 0 Å². The zero-order chi connectivity index (χ0) is 21.6. The number of hydrogen-bond donors (Lipinski definition) is 1. The summed E-state index contributed by atoms with van der Waals surface area (Å²) in [6.07, 6.45) is 0.489. The lowest BCUT2D eigenvalue weighted by atomic mass is 9.96. The van der Waals surface area contributed by atoms with E-state index in [1.807, 2.05) is 19.9 Å². The van der Waals surface area contributed by atoms with Crippen LogP contribution in [-0.2, 0) is 11.3 Å². The number of aromatic nitrogens is 1. The number of nitriles is 1. The highest BCUT2D eigenvalue weighted by atomic mass is 16.5. The second-order valence-corrected chi connectivity index (χ2v) is 6.80. The SMILES string of the molecule is CCOc1ccccc1C(=O)c1c(C)c(C#N)c(=O)n(CCCOC(C)C)c1O. The van der Waals surface area contributed by atoms with Gasteiger partial charge < -0.3 is 14.6 Å². The van der Waals surface area contributed by atoms with Crippen molar-refractivity contribution >= 4 is 5.78 Å². The summed E-state index contributed by atoms with van der Waals surface area (Å²) in [4.78, 5) is 25.9. The molecule has 1 aromatic heterocycles. The quantitative estimate of drug-likeness (QED) is 0.514. The summed E-state index contributed by atoms with van der Waals surface area (Å²) in [5, 5.41) is 20.3. The van der Waals surface area contributed by atoms with E-state index in [1.165, 1.54) is 6.92 Å². The average molecular weight is 398 g/mol. The first-order chi connectivity index (χ1) is 13.8. The predicted molar refractivity (Wildman–Crippen MR) is 109 cm³/mol. The standard InChI is InChI=1S/C22H26N2O5/c1-5-28-18-10-7-6-9-16(18)20(25)19-15(4)17(13-23)21(26)24(22(19)27)11-8-12-29-14(2)3/h6-7,9-10,14,27H,5,8,11-12H2,1-4H3. The van der Waals surface area contributed by atoms with Crippen LogP contribution in [0, 0.1) is 18.3 Å². The van der Waals surface area contributed by atoms with Crippen molar-refractivity contribution in [3.8, 4) is 17.7 Å².